The number of benzene rings is 1. The molecule has 3 N–H and O–H groups in total. The van der Waals surface area contributed by atoms with Crippen LogP contribution in [0.4, 0.5) is 5.69 Å². The Labute approximate surface area is 163 Å². The minimum atomic E-state index is -0.846. The van der Waals surface area contributed by atoms with Crippen molar-refractivity contribution in [2.24, 2.45) is 7.05 Å². The van der Waals surface area contributed by atoms with E-state index in [1.807, 2.05) is 6.92 Å². The molecule has 0 saturated heterocycles. The predicted octanol–water partition coefficient (Wildman–Crippen LogP) is 0.750. The normalized spacial score (nSPS) is 10.4. The molecule has 9 heteroatoms. The lowest BCUT2D eigenvalue weighted by molar-refractivity contribution is -0.136. The summed E-state index contributed by atoms with van der Waals surface area (Å²) in [5.41, 5.74) is 2.15. The third-order valence-electron chi connectivity index (χ3n) is 3.99. The molecule has 1 heterocycles. The van der Waals surface area contributed by atoms with Crippen LogP contribution in [0.2, 0.25) is 0 Å². The highest BCUT2D eigenvalue weighted by Crippen LogP contribution is 2.15. The first-order valence-electron chi connectivity index (χ1n) is 8.87. The summed E-state index contributed by atoms with van der Waals surface area (Å²) in [6, 6.07) is 6.51. The molecule has 0 aliphatic carbocycles. The van der Waals surface area contributed by atoms with Crippen LogP contribution in [0, 0.1) is 6.92 Å². The lowest BCUT2D eigenvalue weighted by Gasteiger charge is -2.11. The van der Waals surface area contributed by atoms with Gasteiger partial charge >= 0.3 is 11.8 Å². The van der Waals surface area contributed by atoms with Crippen LogP contribution >= 0.6 is 0 Å². The van der Waals surface area contributed by atoms with Crippen LogP contribution < -0.4 is 16.0 Å². The average molecular weight is 387 g/mol. The second-order valence-corrected chi connectivity index (χ2v) is 6.20. The molecule has 0 atom stereocenters. The standard InChI is InChI=1S/C19H25N5O4/c1-13-14(12-24(2)23-13)11-21-18(26)19(27)22-16-8-5-4-7-15(16)17(25)20-9-6-10-28-3/h4-5,7-8,12H,6,9-11H2,1-3H3,(H,20,25)(H,21,26)(H,22,27). The maximum atomic E-state index is 12.3. The van der Waals surface area contributed by atoms with E-state index in [2.05, 4.69) is 21.0 Å². The third-order valence-corrected chi connectivity index (χ3v) is 3.99. The molecule has 2 aromatic rings. The molecule has 1 aromatic carbocycles. The van der Waals surface area contributed by atoms with Gasteiger partial charge in [0.1, 0.15) is 0 Å². The first kappa shape index (κ1) is 21.1. The number of rotatable bonds is 8. The number of anilines is 1. The van der Waals surface area contributed by atoms with E-state index in [1.54, 1.807) is 49.3 Å². The summed E-state index contributed by atoms with van der Waals surface area (Å²) in [5.74, 6) is -1.97. The number of hydrogen-bond donors (Lipinski definition) is 3. The topological polar surface area (TPSA) is 114 Å². The summed E-state index contributed by atoms with van der Waals surface area (Å²) >= 11 is 0. The summed E-state index contributed by atoms with van der Waals surface area (Å²) in [6.45, 7) is 2.99. The maximum Gasteiger partial charge on any atom is 0.313 e. The maximum absolute atomic E-state index is 12.3. The smallest absolute Gasteiger partial charge is 0.313 e. The van der Waals surface area contributed by atoms with Crippen molar-refractivity contribution >= 4 is 23.4 Å². The average Bonchev–Trinajstić information content (AvgIpc) is 3.00. The van der Waals surface area contributed by atoms with Gasteiger partial charge < -0.3 is 20.7 Å². The minimum absolute atomic E-state index is 0.188. The quantitative estimate of drug-likeness (QED) is 0.457. The van der Waals surface area contributed by atoms with Gasteiger partial charge in [-0.2, -0.15) is 5.10 Å². The molecule has 0 spiro atoms. The van der Waals surface area contributed by atoms with Gasteiger partial charge in [0.2, 0.25) is 0 Å². The molecule has 3 amide bonds. The van der Waals surface area contributed by atoms with Gasteiger partial charge in [-0.05, 0) is 25.5 Å². The molecule has 0 aliphatic rings. The Morgan fingerprint density at radius 3 is 2.57 bits per heavy atom. The number of para-hydroxylation sites is 1. The third kappa shape index (κ3) is 5.92. The van der Waals surface area contributed by atoms with Gasteiger partial charge in [0.15, 0.2) is 0 Å². The first-order chi connectivity index (χ1) is 13.4. The summed E-state index contributed by atoms with van der Waals surface area (Å²) in [7, 11) is 3.37. The molecule has 0 aliphatic heterocycles. The van der Waals surface area contributed by atoms with Crippen molar-refractivity contribution in [3.63, 3.8) is 0 Å². The predicted molar refractivity (Wildman–Crippen MR) is 104 cm³/mol. The van der Waals surface area contributed by atoms with Crippen molar-refractivity contribution in [3.8, 4) is 0 Å². The van der Waals surface area contributed by atoms with E-state index < -0.39 is 11.8 Å². The van der Waals surface area contributed by atoms with Gasteiger partial charge in [-0.3, -0.25) is 19.1 Å². The Morgan fingerprint density at radius 1 is 1.14 bits per heavy atom. The molecule has 0 fully saturated rings. The fourth-order valence-corrected chi connectivity index (χ4v) is 2.56. The van der Waals surface area contributed by atoms with Crippen molar-refractivity contribution in [3.05, 3.63) is 47.3 Å². The summed E-state index contributed by atoms with van der Waals surface area (Å²) in [6.07, 6.45) is 2.45. The second kappa shape index (κ2) is 10.2. The van der Waals surface area contributed by atoms with Crippen LogP contribution in [0.5, 0.6) is 0 Å². The van der Waals surface area contributed by atoms with Crippen molar-refractivity contribution in [2.45, 2.75) is 19.9 Å². The molecule has 0 radical (unpaired) electrons. The van der Waals surface area contributed by atoms with E-state index in [4.69, 9.17) is 4.74 Å². The summed E-state index contributed by atoms with van der Waals surface area (Å²) in [5, 5.41) is 12.0. The number of carbonyl (C=O) groups is 3. The van der Waals surface area contributed by atoms with E-state index >= 15 is 0 Å². The van der Waals surface area contributed by atoms with Crippen molar-refractivity contribution in [2.75, 3.05) is 25.6 Å². The molecule has 150 valence electrons. The summed E-state index contributed by atoms with van der Waals surface area (Å²) < 4.78 is 6.57. The van der Waals surface area contributed by atoms with Gasteiger partial charge in [0.05, 0.1) is 16.9 Å². The zero-order chi connectivity index (χ0) is 20.5. The lowest BCUT2D eigenvalue weighted by Crippen LogP contribution is -2.35. The SMILES string of the molecule is COCCCNC(=O)c1ccccc1NC(=O)C(=O)NCc1cn(C)nc1C. The van der Waals surface area contributed by atoms with E-state index in [-0.39, 0.29) is 23.7 Å². The Balaban J connectivity index is 1.94. The van der Waals surface area contributed by atoms with Crippen LogP contribution in [0.1, 0.15) is 28.0 Å². The number of carbonyl (C=O) groups excluding carboxylic acids is 3. The number of ether oxygens (including phenoxy) is 1. The van der Waals surface area contributed by atoms with Crippen LogP contribution in [-0.2, 0) is 27.9 Å². The largest absolute Gasteiger partial charge is 0.385 e. The van der Waals surface area contributed by atoms with Crippen molar-refractivity contribution in [1.82, 2.24) is 20.4 Å². The van der Waals surface area contributed by atoms with Crippen LogP contribution in [0.3, 0.4) is 0 Å². The molecule has 28 heavy (non-hydrogen) atoms. The van der Waals surface area contributed by atoms with E-state index in [9.17, 15) is 14.4 Å². The number of methoxy groups -OCH3 is 1. The van der Waals surface area contributed by atoms with Crippen LogP contribution in [0.25, 0.3) is 0 Å². The zero-order valence-electron chi connectivity index (χ0n) is 16.2. The number of nitrogens with one attached hydrogen (secondary N) is 3. The molecule has 2 rings (SSSR count). The van der Waals surface area contributed by atoms with E-state index in [0.29, 0.717) is 19.6 Å². The molecule has 0 unspecified atom stereocenters. The molecule has 0 saturated carbocycles. The van der Waals surface area contributed by atoms with Gasteiger partial charge in [0.25, 0.3) is 5.91 Å². The molecular weight excluding hydrogens is 362 g/mol. The zero-order valence-corrected chi connectivity index (χ0v) is 16.2. The molecule has 0 bridgehead atoms. The van der Waals surface area contributed by atoms with Gasteiger partial charge in [-0.1, -0.05) is 12.1 Å². The Morgan fingerprint density at radius 2 is 1.89 bits per heavy atom. The Kier molecular flexibility index (Phi) is 7.70. The fourth-order valence-electron chi connectivity index (χ4n) is 2.56. The number of aryl methyl sites for hydroxylation is 2. The van der Waals surface area contributed by atoms with Gasteiger partial charge in [-0.15, -0.1) is 0 Å². The first-order valence-corrected chi connectivity index (χ1v) is 8.87. The van der Waals surface area contributed by atoms with E-state index in [0.717, 1.165) is 11.3 Å². The summed E-state index contributed by atoms with van der Waals surface area (Å²) in [4.78, 5) is 36.6. The van der Waals surface area contributed by atoms with Crippen LogP contribution in [-0.4, -0.2) is 47.8 Å². The number of amides is 3. The Hall–Kier alpha value is -3.20. The monoisotopic (exact) mass is 387 g/mol. The van der Waals surface area contributed by atoms with E-state index in [1.165, 1.54) is 0 Å². The number of nitrogens with zero attached hydrogens (tertiary/aromatic N) is 2. The highest BCUT2D eigenvalue weighted by Gasteiger charge is 2.18. The highest BCUT2D eigenvalue weighted by molar-refractivity contribution is 6.40. The molecular formula is C19H25N5O4. The molecule has 1 aromatic heterocycles. The fraction of sp³-hybridized carbons (Fsp3) is 0.368. The van der Waals surface area contributed by atoms with Gasteiger partial charge in [-0.25, -0.2) is 0 Å². The van der Waals surface area contributed by atoms with Crippen LogP contribution in [0.15, 0.2) is 30.5 Å². The highest BCUT2D eigenvalue weighted by atomic mass is 16.5. The van der Waals surface area contributed by atoms with Gasteiger partial charge in [0, 0.05) is 45.6 Å². The van der Waals surface area contributed by atoms with Crippen molar-refractivity contribution < 1.29 is 19.1 Å². The molecule has 9 nitrogen and oxygen atoms in total. The minimum Gasteiger partial charge on any atom is -0.385 e. The number of hydrogen-bond acceptors (Lipinski definition) is 5. The Bertz CT molecular complexity index is 847. The van der Waals surface area contributed by atoms with Crippen molar-refractivity contribution in [1.29, 1.82) is 0 Å². The second-order valence-electron chi connectivity index (χ2n) is 6.20. The lowest BCUT2D eigenvalue weighted by atomic mass is 10.1. The number of aromatic nitrogens is 2.